The fourth-order valence-electron chi connectivity index (χ4n) is 4.01. The lowest BCUT2D eigenvalue weighted by molar-refractivity contribution is -0.119. The normalized spacial score (nSPS) is 22.3. The molecule has 2 fully saturated rings. The number of carbonyl (C=O) groups excluding carboxylic acids is 2. The number of nitrogens with two attached hydrogens (primary N) is 1. The van der Waals surface area contributed by atoms with Crippen molar-refractivity contribution in [3.05, 3.63) is 29.3 Å². The van der Waals surface area contributed by atoms with Crippen molar-refractivity contribution in [3.63, 3.8) is 0 Å². The molecule has 0 radical (unpaired) electrons. The molecule has 2 aliphatic rings. The Morgan fingerprint density at radius 2 is 1.96 bits per heavy atom. The molecule has 6 heteroatoms. The Balaban J connectivity index is 1.65. The number of amides is 2. The Kier molecular flexibility index (Phi) is 6.50. The van der Waals surface area contributed by atoms with Crippen molar-refractivity contribution in [2.75, 3.05) is 25.1 Å². The number of hydrogen-bond acceptors (Lipinski definition) is 4. The summed E-state index contributed by atoms with van der Waals surface area (Å²) in [5, 5.41) is 2.93. The molecule has 2 saturated heterocycles. The van der Waals surface area contributed by atoms with Gasteiger partial charge in [-0.15, -0.1) is 0 Å². The second-order valence-electron chi connectivity index (χ2n) is 7.84. The second kappa shape index (κ2) is 8.85. The highest BCUT2D eigenvalue weighted by Crippen LogP contribution is 2.23. The van der Waals surface area contributed by atoms with Gasteiger partial charge in [-0.05, 0) is 75.6 Å². The van der Waals surface area contributed by atoms with Crippen LogP contribution in [0.3, 0.4) is 0 Å². The summed E-state index contributed by atoms with van der Waals surface area (Å²) in [6.45, 7) is 6.16. The Labute approximate surface area is 161 Å². The number of hydrogen-bond donors (Lipinski definition) is 2. The van der Waals surface area contributed by atoms with E-state index in [9.17, 15) is 9.59 Å². The number of anilines is 1. The Bertz CT molecular complexity index is 685. The zero-order chi connectivity index (χ0) is 19.4. The number of nitrogens with zero attached hydrogens (tertiary/aromatic N) is 1. The number of benzene rings is 1. The van der Waals surface area contributed by atoms with Crippen molar-refractivity contribution in [3.8, 4) is 0 Å². The van der Waals surface area contributed by atoms with E-state index in [4.69, 9.17) is 10.5 Å². The minimum absolute atomic E-state index is 0.0714. The van der Waals surface area contributed by atoms with Gasteiger partial charge in [-0.2, -0.15) is 0 Å². The third-order valence-electron chi connectivity index (χ3n) is 5.87. The molecule has 0 aliphatic carbocycles. The van der Waals surface area contributed by atoms with Crippen molar-refractivity contribution in [1.29, 1.82) is 0 Å². The molecule has 2 unspecified atom stereocenters. The van der Waals surface area contributed by atoms with Crippen LogP contribution in [-0.4, -0.2) is 48.6 Å². The van der Waals surface area contributed by atoms with E-state index in [1.807, 2.05) is 24.0 Å². The van der Waals surface area contributed by atoms with Crippen LogP contribution < -0.4 is 11.1 Å². The first kappa shape index (κ1) is 19.8. The zero-order valence-corrected chi connectivity index (χ0v) is 16.4. The summed E-state index contributed by atoms with van der Waals surface area (Å²) in [5.41, 5.74) is 8.41. The van der Waals surface area contributed by atoms with Crippen LogP contribution in [0.2, 0.25) is 0 Å². The number of likely N-dealkylation sites (tertiary alicyclic amines) is 1. The summed E-state index contributed by atoms with van der Waals surface area (Å²) < 4.78 is 5.34. The first-order valence-electron chi connectivity index (χ1n) is 10.0. The fraction of sp³-hybridized carbons (Fsp3) is 0.619. The number of rotatable bonds is 4. The summed E-state index contributed by atoms with van der Waals surface area (Å²) in [6.07, 6.45) is 4.93. The molecular formula is C21H31N3O3. The molecule has 0 saturated carbocycles. The van der Waals surface area contributed by atoms with Gasteiger partial charge in [0, 0.05) is 37.1 Å². The van der Waals surface area contributed by atoms with Gasteiger partial charge in [-0.1, -0.05) is 0 Å². The summed E-state index contributed by atoms with van der Waals surface area (Å²) in [6, 6.07) is 5.21. The van der Waals surface area contributed by atoms with Crippen LogP contribution in [0.4, 0.5) is 5.69 Å². The molecule has 1 aromatic rings. The molecule has 0 aromatic heterocycles. The summed E-state index contributed by atoms with van der Waals surface area (Å²) in [7, 11) is 0. The van der Waals surface area contributed by atoms with Crippen LogP contribution in [0.5, 0.6) is 0 Å². The molecule has 3 rings (SSSR count). The minimum Gasteiger partial charge on any atom is -0.381 e. The molecule has 27 heavy (non-hydrogen) atoms. The predicted molar refractivity (Wildman–Crippen MR) is 106 cm³/mol. The van der Waals surface area contributed by atoms with Crippen LogP contribution in [0, 0.1) is 12.8 Å². The van der Waals surface area contributed by atoms with Gasteiger partial charge in [0.05, 0.1) is 6.04 Å². The maximum atomic E-state index is 12.8. The van der Waals surface area contributed by atoms with E-state index in [0.717, 1.165) is 37.8 Å². The molecule has 3 N–H and O–H groups in total. The minimum atomic E-state index is -0.538. The van der Waals surface area contributed by atoms with Crippen molar-refractivity contribution < 1.29 is 14.3 Å². The lowest BCUT2D eigenvalue weighted by Crippen LogP contribution is -2.44. The molecule has 2 heterocycles. The second-order valence-corrected chi connectivity index (χ2v) is 7.84. The average Bonchev–Trinajstić information content (AvgIpc) is 2.69. The van der Waals surface area contributed by atoms with Crippen LogP contribution in [0.15, 0.2) is 18.2 Å². The van der Waals surface area contributed by atoms with Gasteiger partial charge in [-0.25, -0.2) is 0 Å². The van der Waals surface area contributed by atoms with Crippen LogP contribution in [0.25, 0.3) is 0 Å². The number of carbonyl (C=O) groups is 2. The molecule has 2 amide bonds. The Morgan fingerprint density at radius 1 is 1.22 bits per heavy atom. The molecule has 2 aliphatic heterocycles. The highest BCUT2D eigenvalue weighted by molar-refractivity contribution is 5.98. The van der Waals surface area contributed by atoms with Crippen molar-refractivity contribution in [2.24, 2.45) is 11.7 Å². The van der Waals surface area contributed by atoms with Crippen molar-refractivity contribution in [1.82, 2.24) is 4.90 Å². The van der Waals surface area contributed by atoms with E-state index in [0.29, 0.717) is 24.5 Å². The number of aryl methyl sites for hydroxylation is 1. The molecule has 0 bridgehead atoms. The van der Waals surface area contributed by atoms with Gasteiger partial charge in [0.25, 0.3) is 5.91 Å². The standard InChI is InChI=1S/C21H31N3O3/c1-14-13-17(21(26)24-10-4-3-5-15(24)2)6-7-18(14)23-20(25)19(22)16-8-11-27-12-9-16/h6-7,13,15-16,19H,3-5,8-12,22H2,1-2H3,(H,23,25). The van der Waals surface area contributed by atoms with Gasteiger partial charge in [0.1, 0.15) is 0 Å². The first-order chi connectivity index (χ1) is 13.0. The molecule has 2 atom stereocenters. The van der Waals surface area contributed by atoms with E-state index in [-0.39, 0.29) is 23.8 Å². The zero-order valence-electron chi connectivity index (χ0n) is 16.4. The highest BCUT2D eigenvalue weighted by Gasteiger charge is 2.27. The third-order valence-corrected chi connectivity index (χ3v) is 5.87. The lowest BCUT2D eigenvalue weighted by Gasteiger charge is -2.33. The van der Waals surface area contributed by atoms with Gasteiger partial charge >= 0.3 is 0 Å². The summed E-state index contributed by atoms with van der Waals surface area (Å²) >= 11 is 0. The topological polar surface area (TPSA) is 84.7 Å². The van der Waals surface area contributed by atoms with Crippen LogP contribution >= 0.6 is 0 Å². The average molecular weight is 373 g/mol. The number of ether oxygens (including phenoxy) is 1. The van der Waals surface area contributed by atoms with Crippen molar-refractivity contribution in [2.45, 2.75) is 58.0 Å². The SMILES string of the molecule is Cc1cc(C(=O)N2CCCCC2C)ccc1NC(=O)C(N)C1CCOCC1. The van der Waals surface area contributed by atoms with E-state index in [1.165, 1.54) is 6.42 Å². The van der Waals surface area contributed by atoms with E-state index in [2.05, 4.69) is 12.2 Å². The predicted octanol–water partition coefficient (Wildman–Crippen LogP) is 2.70. The smallest absolute Gasteiger partial charge is 0.254 e. The summed E-state index contributed by atoms with van der Waals surface area (Å²) in [5.74, 6) is 0.0521. The molecular weight excluding hydrogens is 342 g/mol. The molecule has 148 valence electrons. The third kappa shape index (κ3) is 4.68. The van der Waals surface area contributed by atoms with Crippen molar-refractivity contribution >= 4 is 17.5 Å². The van der Waals surface area contributed by atoms with Gasteiger partial charge in [0.2, 0.25) is 5.91 Å². The molecule has 6 nitrogen and oxygen atoms in total. The Morgan fingerprint density at radius 3 is 2.63 bits per heavy atom. The van der Waals surface area contributed by atoms with Crippen LogP contribution in [-0.2, 0) is 9.53 Å². The monoisotopic (exact) mass is 373 g/mol. The molecule has 0 spiro atoms. The van der Waals surface area contributed by atoms with E-state index >= 15 is 0 Å². The van der Waals surface area contributed by atoms with E-state index in [1.54, 1.807) is 6.07 Å². The van der Waals surface area contributed by atoms with Gasteiger partial charge in [-0.3, -0.25) is 9.59 Å². The maximum absolute atomic E-state index is 12.8. The number of piperidine rings is 1. The number of nitrogens with one attached hydrogen (secondary N) is 1. The molecule has 1 aromatic carbocycles. The van der Waals surface area contributed by atoms with Gasteiger partial charge in [0.15, 0.2) is 0 Å². The largest absolute Gasteiger partial charge is 0.381 e. The Hall–Kier alpha value is -1.92. The first-order valence-corrected chi connectivity index (χ1v) is 10.0. The summed E-state index contributed by atoms with van der Waals surface area (Å²) in [4.78, 5) is 27.3. The lowest BCUT2D eigenvalue weighted by atomic mass is 9.91. The van der Waals surface area contributed by atoms with Gasteiger partial charge < -0.3 is 20.7 Å². The van der Waals surface area contributed by atoms with Crippen LogP contribution in [0.1, 0.15) is 54.9 Å². The maximum Gasteiger partial charge on any atom is 0.254 e. The quantitative estimate of drug-likeness (QED) is 0.850. The highest BCUT2D eigenvalue weighted by atomic mass is 16.5. The fourth-order valence-corrected chi connectivity index (χ4v) is 4.01. The van der Waals surface area contributed by atoms with E-state index < -0.39 is 6.04 Å².